The van der Waals surface area contributed by atoms with E-state index in [1.165, 1.54) is 176 Å². The van der Waals surface area contributed by atoms with Gasteiger partial charge in [0, 0.05) is 0 Å². The minimum Gasteiger partial charge on any atom is -0.0622 e. The Morgan fingerprint density at radius 2 is 0.365 bits per heavy atom. The maximum Gasteiger partial charge on any atom is -0.00199 e. The number of hydrogen-bond acceptors (Lipinski definition) is 0. The molecule has 0 N–H and O–H groups in total. The molecule has 0 bridgehead atoms. The van der Waals surface area contributed by atoms with E-state index in [1.54, 1.807) is 0 Å². The zero-order valence-corrected chi connectivity index (χ0v) is 53.0. The van der Waals surface area contributed by atoms with E-state index < -0.39 is 0 Å². The molecule has 18 aromatic carbocycles. The lowest BCUT2D eigenvalue weighted by molar-refractivity contribution is 1.59. The lowest BCUT2D eigenvalue weighted by Gasteiger charge is -2.22. The summed E-state index contributed by atoms with van der Waals surface area (Å²) in [6, 6.07) is 142. The summed E-state index contributed by atoms with van der Waals surface area (Å²) in [4.78, 5) is 0. The molecule has 18 rings (SSSR count). The van der Waals surface area contributed by atoms with Crippen molar-refractivity contribution < 1.29 is 0 Å². The van der Waals surface area contributed by atoms with Crippen molar-refractivity contribution in [3.8, 4) is 111 Å². The zero-order chi connectivity index (χ0) is 63.7. The summed E-state index contributed by atoms with van der Waals surface area (Å²) in [6.07, 6.45) is 0. The number of hydrogen-bond donors (Lipinski definition) is 0. The van der Waals surface area contributed by atoms with E-state index in [0.717, 1.165) is 0 Å². The molecule has 0 unspecified atom stereocenters. The van der Waals surface area contributed by atoms with E-state index in [1.807, 2.05) is 0 Å². The van der Waals surface area contributed by atoms with Crippen LogP contribution in [0.4, 0.5) is 0 Å². The molecule has 0 aliphatic rings. The Morgan fingerprint density at radius 1 is 0.104 bits per heavy atom. The van der Waals surface area contributed by atoms with Gasteiger partial charge in [0.05, 0.1) is 0 Å². The van der Waals surface area contributed by atoms with Crippen molar-refractivity contribution in [3.05, 3.63) is 388 Å². The van der Waals surface area contributed by atoms with Crippen molar-refractivity contribution in [1.29, 1.82) is 0 Å². The molecule has 0 fully saturated rings. The van der Waals surface area contributed by atoms with Gasteiger partial charge in [0.1, 0.15) is 0 Å². The second-order valence-electron chi connectivity index (χ2n) is 24.8. The fourth-order valence-corrected chi connectivity index (χ4v) is 15.0. The first kappa shape index (κ1) is 57.4. The third-order valence-corrected chi connectivity index (χ3v) is 19.4. The maximum atomic E-state index is 2.44. The van der Waals surface area contributed by atoms with Crippen molar-refractivity contribution in [2.75, 3.05) is 0 Å². The maximum absolute atomic E-state index is 2.44. The summed E-state index contributed by atoms with van der Waals surface area (Å²) < 4.78 is 0. The van der Waals surface area contributed by atoms with E-state index in [-0.39, 0.29) is 0 Å². The largest absolute Gasteiger partial charge is 0.0622 e. The summed E-state index contributed by atoms with van der Waals surface area (Å²) in [6.45, 7) is 0. The Balaban J connectivity index is 0.000000145. The number of benzene rings is 18. The highest BCUT2D eigenvalue weighted by Crippen LogP contribution is 2.51. The summed E-state index contributed by atoms with van der Waals surface area (Å²) in [7, 11) is 0. The first-order chi connectivity index (χ1) is 47.7. The summed E-state index contributed by atoms with van der Waals surface area (Å²) in [5.74, 6) is 0. The van der Waals surface area contributed by atoms with Crippen LogP contribution >= 0.6 is 0 Å². The summed E-state index contributed by atoms with van der Waals surface area (Å²) in [5.41, 5.74) is 24.7. The van der Waals surface area contributed by atoms with Crippen LogP contribution in [0.2, 0.25) is 0 Å². The molecule has 0 atom stereocenters. The molecule has 448 valence electrons. The molecule has 0 saturated heterocycles. The monoisotopic (exact) mass is 1220 g/mol. The van der Waals surface area contributed by atoms with Crippen LogP contribution in [0.15, 0.2) is 388 Å². The molecule has 0 amide bonds. The van der Waals surface area contributed by atoms with Gasteiger partial charge in [-0.3, -0.25) is 0 Å². The van der Waals surface area contributed by atoms with Crippen LogP contribution in [0.25, 0.3) is 176 Å². The second-order valence-corrected chi connectivity index (χ2v) is 24.8. The summed E-state index contributed by atoms with van der Waals surface area (Å²) in [5, 5.41) is 15.0. The molecule has 0 radical (unpaired) electrons. The van der Waals surface area contributed by atoms with E-state index >= 15 is 0 Å². The normalized spacial score (nSPS) is 11.3. The molecule has 0 nitrogen and oxygen atoms in total. The van der Waals surface area contributed by atoms with Crippen molar-refractivity contribution in [1.82, 2.24) is 0 Å². The van der Waals surface area contributed by atoms with Crippen LogP contribution in [-0.2, 0) is 0 Å². The van der Waals surface area contributed by atoms with Gasteiger partial charge in [0.2, 0.25) is 0 Å². The SMILES string of the molecule is c1ccc(-c2cccc(-c3c4ccccc4c(-c4ccccc4-c4ccccc4)c4ccc(-c5cccc6ccccc56)cc34)c2)cc1.c1ccc(-c2ccccc2-c2c3ccccc3c(-c3ccccc3-c3ccccc3)c3cc(-c4cccc5ccccc45)ccc23)cc1. The van der Waals surface area contributed by atoms with Crippen LogP contribution in [0.5, 0.6) is 0 Å². The molecular weight excluding hydrogens is 1150 g/mol. The standard InChI is InChI=1S/2C48H32/c1-3-16-33(17-4-1)38-23-9-11-25-41(38)47-43-27-13-14-28-44(43)48(42-26-12-10-24-39(42)34-18-5-2-6-19-34)46-32-36(30-31-45(46)47)40-29-15-21-35-20-7-8-22-37(35)40;1-3-15-33(16-4-1)36-21-13-22-38(31-36)47-43-26-11-12-27-44(43)48(42-25-10-9-24-40(42)34-17-5-2-6-18-34)45-30-29-37(32-46(45)47)41-28-14-20-35-19-7-8-23-39(35)41/h2*1-32H. The highest BCUT2D eigenvalue weighted by molar-refractivity contribution is 6.25. The van der Waals surface area contributed by atoms with Gasteiger partial charge < -0.3 is 0 Å². The first-order valence-electron chi connectivity index (χ1n) is 33.2. The Morgan fingerprint density at radius 3 is 0.781 bits per heavy atom. The molecule has 0 heterocycles. The zero-order valence-electron chi connectivity index (χ0n) is 53.0. The van der Waals surface area contributed by atoms with Gasteiger partial charge in [0.15, 0.2) is 0 Å². The molecule has 0 saturated carbocycles. The Labute approximate surface area is 560 Å². The fraction of sp³-hybridized carbons (Fsp3) is 0. The van der Waals surface area contributed by atoms with Crippen molar-refractivity contribution in [2.45, 2.75) is 0 Å². The third kappa shape index (κ3) is 10.5. The van der Waals surface area contributed by atoms with Gasteiger partial charge in [0.25, 0.3) is 0 Å². The van der Waals surface area contributed by atoms with Crippen LogP contribution in [-0.4, -0.2) is 0 Å². The molecule has 96 heavy (non-hydrogen) atoms. The quantitative estimate of drug-likeness (QED) is 0.120. The molecule has 0 aromatic heterocycles. The first-order valence-corrected chi connectivity index (χ1v) is 33.2. The fourth-order valence-electron chi connectivity index (χ4n) is 15.0. The highest BCUT2D eigenvalue weighted by atomic mass is 14.3. The second kappa shape index (κ2) is 25.2. The Kier molecular flexibility index (Phi) is 15.1. The molecular formula is C96H64. The summed E-state index contributed by atoms with van der Waals surface area (Å²) >= 11 is 0. The van der Waals surface area contributed by atoms with Crippen LogP contribution in [0, 0.1) is 0 Å². The molecule has 0 aliphatic heterocycles. The predicted molar refractivity (Wildman–Crippen MR) is 412 cm³/mol. The predicted octanol–water partition coefficient (Wildman–Crippen LogP) is 27.0. The number of fused-ring (bicyclic) bond motifs is 6. The van der Waals surface area contributed by atoms with Crippen LogP contribution < -0.4 is 0 Å². The average molecular weight is 1220 g/mol. The minimum atomic E-state index is 1.22. The van der Waals surface area contributed by atoms with E-state index in [4.69, 9.17) is 0 Å². The van der Waals surface area contributed by atoms with E-state index in [9.17, 15) is 0 Å². The highest BCUT2D eigenvalue weighted by Gasteiger charge is 2.24. The van der Waals surface area contributed by atoms with Gasteiger partial charge in [-0.25, -0.2) is 0 Å². The molecule has 0 heteroatoms. The smallest absolute Gasteiger partial charge is 0.00199 e. The van der Waals surface area contributed by atoms with Gasteiger partial charge >= 0.3 is 0 Å². The van der Waals surface area contributed by atoms with Crippen molar-refractivity contribution in [2.24, 2.45) is 0 Å². The van der Waals surface area contributed by atoms with Crippen LogP contribution in [0.3, 0.4) is 0 Å². The Hall–Kier alpha value is -12.5. The van der Waals surface area contributed by atoms with Crippen molar-refractivity contribution >= 4 is 64.6 Å². The topological polar surface area (TPSA) is 0 Å². The molecule has 0 spiro atoms. The van der Waals surface area contributed by atoms with Gasteiger partial charge in [-0.15, -0.1) is 0 Å². The molecule has 0 aliphatic carbocycles. The Bertz CT molecular complexity index is 5910. The van der Waals surface area contributed by atoms with E-state index in [0.29, 0.717) is 0 Å². The molecule has 18 aromatic rings. The number of rotatable bonds is 10. The lowest BCUT2D eigenvalue weighted by atomic mass is 9.81. The van der Waals surface area contributed by atoms with Crippen LogP contribution in [0.1, 0.15) is 0 Å². The minimum absolute atomic E-state index is 1.22. The van der Waals surface area contributed by atoms with Gasteiger partial charge in [-0.05, 0) is 194 Å². The van der Waals surface area contributed by atoms with Gasteiger partial charge in [-0.2, -0.15) is 0 Å². The average Bonchev–Trinajstić information content (AvgIpc) is 0.732. The third-order valence-electron chi connectivity index (χ3n) is 19.4. The van der Waals surface area contributed by atoms with Crippen molar-refractivity contribution in [3.63, 3.8) is 0 Å². The lowest BCUT2D eigenvalue weighted by Crippen LogP contribution is -1.94. The van der Waals surface area contributed by atoms with E-state index in [2.05, 4.69) is 388 Å². The van der Waals surface area contributed by atoms with Gasteiger partial charge in [-0.1, -0.05) is 370 Å².